The summed E-state index contributed by atoms with van der Waals surface area (Å²) in [5.41, 5.74) is 1.66. The first-order valence-corrected chi connectivity index (χ1v) is 6.91. The molecule has 0 fully saturated rings. The summed E-state index contributed by atoms with van der Waals surface area (Å²) < 4.78 is 0. The fourth-order valence-corrected chi connectivity index (χ4v) is 2.75. The molecule has 0 spiro atoms. The van der Waals surface area contributed by atoms with Crippen molar-refractivity contribution in [1.82, 2.24) is 4.90 Å². The Bertz CT molecular complexity index is 642. The molecule has 1 atom stereocenters. The molecule has 0 aromatic heterocycles. The van der Waals surface area contributed by atoms with Gasteiger partial charge in [0.25, 0.3) is 0 Å². The third kappa shape index (κ3) is 2.23. The van der Waals surface area contributed by atoms with E-state index in [0.29, 0.717) is 21.4 Å². The minimum Gasteiger partial charge on any atom is -0.380 e. The maximum Gasteiger partial charge on any atom is 0.186 e. The van der Waals surface area contributed by atoms with Crippen LogP contribution in [0.4, 0.5) is 0 Å². The van der Waals surface area contributed by atoms with E-state index in [-0.39, 0.29) is 6.10 Å². The summed E-state index contributed by atoms with van der Waals surface area (Å²) in [6.07, 6.45) is 9.59. The van der Waals surface area contributed by atoms with Gasteiger partial charge in [-0.2, -0.15) is 0 Å². The summed E-state index contributed by atoms with van der Waals surface area (Å²) in [7, 11) is 1.92. The second kappa shape index (κ2) is 5.35. The normalized spacial score (nSPS) is 20.8. The number of allylic oxidation sites excluding steroid dienone is 4. The first kappa shape index (κ1) is 13.3. The minimum absolute atomic E-state index is 0.194. The fraction of sp³-hybridized carbons (Fsp3) is 0.133. The van der Waals surface area contributed by atoms with Gasteiger partial charge in [0.15, 0.2) is 11.9 Å². The van der Waals surface area contributed by atoms with E-state index >= 15 is 0 Å². The third-order valence-electron chi connectivity index (χ3n) is 3.21. The van der Waals surface area contributed by atoms with Crippen LogP contribution in [0.2, 0.25) is 10.0 Å². The summed E-state index contributed by atoms with van der Waals surface area (Å²) in [5.74, 6) is 0.604. The van der Waals surface area contributed by atoms with E-state index in [1.54, 1.807) is 18.2 Å². The Balaban J connectivity index is 2.08. The number of amidine groups is 1. The summed E-state index contributed by atoms with van der Waals surface area (Å²) >= 11 is 12.5. The standard InChI is InChI=1S/C15H12Cl2N2O/c1-19-12-8-3-2-4-9-13(12)20-18-15(19)14-10(16)6-5-7-11(14)17/h2-9,13H,1H3. The molecule has 3 nitrogen and oxygen atoms in total. The zero-order chi connectivity index (χ0) is 14.1. The van der Waals surface area contributed by atoms with Gasteiger partial charge in [0, 0.05) is 7.05 Å². The fourth-order valence-electron chi connectivity index (χ4n) is 2.18. The molecule has 102 valence electrons. The molecule has 0 saturated heterocycles. The van der Waals surface area contributed by atoms with Crippen LogP contribution in [0.5, 0.6) is 0 Å². The van der Waals surface area contributed by atoms with Crippen molar-refractivity contribution in [2.24, 2.45) is 5.16 Å². The molecule has 0 bridgehead atoms. The Morgan fingerprint density at radius 1 is 1.15 bits per heavy atom. The highest BCUT2D eigenvalue weighted by Gasteiger charge is 2.29. The predicted octanol–water partition coefficient (Wildman–Crippen LogP) is 4.00. The Morgan fingerprint density at radius 3 is 2.65 bits per heavy atom. The number of fused-ring (bicyclic) bond motifs is 1. The molecule has 20 heavy (non-hydrogen) atoms. The summed E-state index contributed by atoms with van der Waals surface area (Å²) in [6.45, 7) is 0. The van der Waals surface area contributed by atoms with Crippen LogP contribution in [0, 0.1) is 0 Å². The highest BCUT2D eigenvalue weighted by Crippen LogP contribution is 2.30. The Morgan fingerprint density at radius 2 is 1.90 bits per heavy atom. The van der Waals surface area contributed by atoms with E-state index in [4.69, 9.17) is 28.0 Å². The van der Waals surface area contributed by atoms with Gasteiger partial charge >= 0.3 is 0 Å². The zero-order valence-electron chi connectivity index (χ0n) is 10.8. The van der Waals surface area contributed by atoms with Gasteiger partial charge in [-0.05, 0) is 24.3 Å². The van der Waals surface area contributed by atoms with Crippen molar-refractivity contribution in [2.75, 3.05) is 7.05 Å². The number of rotatable bonds is 1. The van der Waals surface area contributed by atoms with Gasteiger partial charge in [-0.25, -0.2) is 0 Å². The molecule has 1 heterocycles. The Labute approximate surface area is 127 Å². The third-order valence-corrected chi connectivity index (χ3v) is 3.84. The monoisotopic (exact) mass is 306 g/mol. The summed E-state index contributed by atoms with van der Waals surface area (Å²) in [5, 5.41) is 5.28. The number of oxime groups is 1. The summed E-state index contributed by atoms with van der Waals surface area (Å²) in [6, 6.07) is 5.37. The molecule has 2 aliphatic rings. The second-order valence-electron chi connectivity index (χ2n) is 4.46. The summed E-state index contributed by atoms with van der Waals surface area (Å²) in [4.78, 5) is 7.49. The van der Waals surface area contributed by atoms with Crippen LogP contribution in [0.3, 0.4) is 0 Å². The van der Waals surface area contributed by atoms with Crippen LogP contribution in [0.25, 0.3) is 0 Å². The Hall–Kier alpha value is -1.71. The second-order valence-corrected chi connectivity index (χ2v) is 5.27. The quantitative estimate of drug-likeness (QED) is 0.783. The molecule has 1 aliphatic carbocycles. The molecular formula is C15H12Cl2N2O. The molecule has 0 amide bonds. The van der Waals surface area contributed by atoms with Crippen LogP contribution in [-0.4, -0.2) is 23.9 Å². The SMILES string of the molecule is CN1C2=CC=CC=CC2ON=C1c1c(Cl)cccc1Cl. The van der Waals surface area contributed by atoms with Crippen molar-refractivity contribution >= 4 is 29.0 Å². The molecule has 1 aliphatic heterocycles. The van der Waals surface area contributed by atoms with E-state index in [2.05, 4.69) is 5.16 Å². The van der Waals surface area contributed by atoms with Crippen molar-refractivity contribution in [3.05, 3.63) is 69.9 Å². The molecule has 1 aromatic rings. The number of nitrogens with zero attached hydrogens (tertiary/aromatic N) is 2. The van der Waals surface area contributed by atoms with Crippen LogP contribution >= 0.6 is 23.2 Å². The lowest BCUT2D eigenvalue weighted by molar-refractivity contribution is 0.0861. The van der Waals surface area contributed by atoms with Gasteiger partial charge in [-0.15, -0.1) is 0 Å². The number of benzene rings is 1. The molecule has 5 heteroatoms. The van der Waals surface area contributed by atoms with Gasteiger partial charge in [0.1, 0.15) is 0 Å². The van der Waals surface area contributed by atoms with E-state index < -0.39 is 0 Å². The molecule has 3 rings (SSSR count). The van der Waals surface area contributed by atoms with Gasteiger partial charge < -0.3 is 9.74 Å². The maximum absolute atomic E-state index is 6.24. The molecule has 0 saturated carbocycles. The van der Waals surface area contributed by atoms with Gasteiger partial charge in [-0.1, -0.05) is 52.7 Å². The van der Waals surface area contributed by atoms with E-state index in [1.165, 1.54) is 0 Å². The van der Waals surface area contributed by atoms with Crippen molar-refractivity contribution in [3.63, 3.8) is 0 Å². The topological polar surface area (TPSA) is 24.8 Å². The molecule has 0 N–H and O–H groups in total. The zero-order valence-corrected chi connectivity index (χ0v) is 12.3. The van der Waals surface area contributed by atoms with Crippen LogP contribution in [0.15, 0.2) is 59.4 Å². The molecule has 0 radical (unpaired) electrons. The van der Waals surface area contributed by atoms with Gasteiger partial charge in [-0.3, -0.25) is 0 Å². The lowest BCUT2D eigenvalue weighted by Crippen LogP contribution is -2.37. The molecular weight excluding hydrogens is 295 g/mol. The number of hydrogen-bond acceptors (Lipinski definition) is 3. The molecule has 1 unspecified atom stereocenters. The number of likely N-dealkylation sites (N-methyl/N-ethyl adjacent to an activating group) is 1. The smallest absolute Gasteiger partial charge is 0.186 e. The van der Waals surface area contributed by atoms with Crippen LogP contribution < -0.4 is 0 Å². The van der Waals surface area contributed by atoms with Gasteiger partial charge in [0.05, 0.1) is 21.3 Å². The highest BCUT2D eigenvalue weighted by atomic mass is 35.5. The number of hydrogen-bond donors (Lipinski definition) is 0. The molecule has 1 aromatic carbocycles. The number of halogens is 2. The minimum atomic E-state index is -0.194. The van der Waals surface area contributed by atoms with E-state index in [0.717, 1.165) is 5.70 Å². The first-order valence-electron chi connectivity index (χ1n) is 6.15. The Kier molecular flexibility index (Phi) is 3.55. The lowest BCUT2D eigenvalue weighted by atomic mass is 10.1. The van der Waals surface area contributed by atoms with Crippen molar-refractivity contribution in [3.8, 4) is 0 Å². The van der Waals surface area contributed by atoms with E-state index in [1.807, 2.05) is 42.3 Å². The highest BCUT2D eigenvalue weighted by molar-refractivity contribution is 6.40. The average molecular weight is 307 g/mol. The van der Waals surface area contributed by atoms with E-state index in [9.17, 15) is 0 Å². The largest absolute Gasteiger partial charge is 0.380 e. The maximum atomic E-state index is 6.24. The van der Waals surface area contributed by atoms with Crippen LogP contribution in [-0.2, 0) is 4.84 Å². The van der Waals surface area contributed by atoms with Crippen molar-refractivity contribution < 1.29 is 4.84 Å². The lowest BCUT2D eigenvalue weighted by Gasteiger charge is -2.32. The average Bonchev–Trinajstić information content (AvgIpc) is 2.67. The predicted molar refractivity (Wildman–Crippen MR) is 82.0 cm³/mol. The van der Waals surface area contributed by atoms with Crippen molar-refractivity contribution in [1.29, 1.82) is 0 Å². The van der Waals surface area contributed by atoms with Crippen LogP contribution in [0.1, 0.15) is 5.56 Å². The van der Waals surface area contributed by atoms with Crippen molar-refractivity contribution in [2.45, 2.75) is 6.10 Å². The van der Waals surface area contributed by atoms with Gasteiger partial charge in [0.2, 0.25) is 0 Å². The first-order chi connectivity index (χ1) is 9.68.